The fourth-order valence-electron chi connectivity index (χ4n) is 3.69. The van der Waals surface area contributed by atoms with E-state index in [1.807, 2.05) is 0 Å². The number of hydrogen-bond acceptors (Lipinski definition) is 10. The number of halogens is 3. The third-order valence-corrected chi connectivity index (χ3v) is 7.71. The lowest BCUT2D eigenvalue weighted by Gasteiger charge is -2.21. The first-order chi connectivity index (χ1) is 17.8. The number of isothiocyanates is 1. The van der Waals surface area contributed by atoms with E-state index in [-0.39, 0.29) is 12.1 Å². The molecule has 0 saturated carbocycles. The Balaban J connectivity index is 2.06. The van der Waals surface area contributed by atoms with Crippen LogP contribution in [-0.2, 0) is 32.8 Å². The summed E-state index contributed by atoms with van der Waals surface area (Å²) in [5.41, 5.74) is 1.49. The quantitative estimate of drug-likeness (QED) is 0.200. The summed E-state index contributed by atoms with van der Waals surface area (Å²) in [5, 5.41) is 3.63. The van der Waals surface area contributed by atoms with E-state index in [4.69, 9.17) is 8.37 Å². The standard InChI is InChI=1S/C23H23F3N2O7S3/c1-16-4-2-3-5-22(34-38(31,32)35-37(29,30)33-16)21(18-8-12-19(13-9-18)27-15-36)14-17-6-10-20(11-7-17)28-23(24,25)26/h6-14,16,22,28H,2-5H2,1H3/b21-14+. The van der Waals surface area contributed by atoms with Crippen LogP contribution in [0.25, 0.3) is 11.6 Å². The first-order valence-corrected chi connectivity index (χ1v) is 14.3. The second-order valence-electron chi connectivity index (χ2n) is 8.26. The topological polar surface area (TPSA) is 120 Å². The van der Waals surface area contributed by atoms with Crippen LogP contribution in [0, 0.1) is 0 Å². The fraction of sp³-hybridized carbons (Fsp3) is 0.348. The van der Waals surface area contributed by atoms with E-state index in [1.54, 1.807) is 24.3 Å². The summed E-state index contributed by atoms with van der Waals surface area (Å²) in [7, 11) is -10.0. The first-order valence-electron chi connectivity index (χ1n) is 11.2. The van der Waals surface area contributed by atoms with Crippen LogP contribution in [0.15, 0.2) is 53.5 Å². The van der Waals surface area contributed by atoms with Gasteiger partial charge >= 0.3 is 27.1 Å². The molecule has 2 unspecified atom stereocenters. The molecule has 206 valence electrons. The summed E-state index contributed by atoms with van der Waals surface area (Å²) in [5.74, 6) is 0. The molecule has 9 nitrogen and oxygen atoms in total. The normalized spacial score (nSPS) is 22.5. The molecular weight excluding hydrogens is 569 g/mol. The van der Waals surface area contributed by atoms with Crippen LogP contribution < -0.4 is 5.32 Å². The highest BCUT2D eigenvalue weighted by Crippen LogP contribution is 2.32. The van der Waals surface area contributed by atoms with E-state index in [0.717, 1.165) is 0 Å². The smallest absolute Gasteiger partial charge is 0.298 e. The van der Waals surface area contributed by atoms with Gasteiger partial charge in [0.2, 0.25) is 0 Å². The summed E-state index contributed by atoms with van der Waals surface area (Å²) in [6, 6.07) is 11.6. The number of rotatable bonds is 5. The molecule has 2 aromatic carbocycles. The van der Waals surface area contributed by atoms with Crippen LogP contribution in [0.4, 0.5) is 24.5 Å². The van der Waals surface area contributed by atoms with Crippen molar-refractivity contribution in [2.45, 2.75) is 51.1 Å². The minimum Gasteiger partial charge on any atom is -0.298 e. The van der Waals surface area contributed by atoms with Crippen molar-refractivity contribution < 1.29 is 42.0 Å². The number of nitrogens with one attached hydrogen (secondary N) is 1. The molecule has 1 aliphatic heterocycles. The zero-order valence-electron chi connectivity index (χ0n) is 19.8. The molecule has 38 heavy (non-hydrogen) atoms. The van der Waals surface area contributed by atoms with Gasteiger partial charge in [-0.15, -0.1) is 3.63 Å². The Kier molecular flexibility index (Phi) is 9.81. The maximum absolute atomic E-state index is 12.6. The van der Waals surface area contributed by atoms with Crippen LogP contribution in [0.5, 0.6) is 0 Å². The average Bonchev–Trinajstić information content (AvgIpc) is 2.80. The van der Waals surface area contributed by atoms with Crippen molar-refractivity contribution in [3.05, 3.63) is 59.7 Å². The molecule has 1 N–H and O–H groups in total. The zero-order chi connectivity index (χ0) is 28.0. The third kappa shape index (κ3) is 9.58. The lowest BCUT2D eigenvalue weighted by atomic mass is 9.94. The highest BCUT2D eigenvalue weighted by atomic mass is 32.3. The van der Waals surface area contributed by atoms with Gasteiger partial charge in [0.15, 0.2) is 0 Å². The Morgan fingerprint density at radius 3 is 2.21 bits per heavy atom. The Hall–Kier alpha value is -2.65. The monoisotopic (exact) mass is 592 g/mol. The van der Waals surface area contributed by atoms with Crippen molar-refractivity contribution in [2.24, 2.45) is 4.99 Å². The molecule has 0 bridgehead atoms. The summed E-state index contributed by atoms with van der Waals surface area (Å²) in [4.78, 5) is 3.87. The number of nitrogens with zero attached hydrogens (tertiary/aromatic N) is 1. The van der Waals surface area contributed by atoms with Crippen molar-refractivity contribution in [1.82, 2.24) is 0 Å². The maximum atomic E-state index is 12.6. The largest absolute Gasteiger partial charge is 0.482 e. The predicted molar refractivity (Wildman–Crippen MR) is 138 cm³/mol. The number of thiocarbonyl (C=S) groups is 1. The van der Waals surface area contributed by atoms with Crippen LogP contribution in [0.3, 0.4) is 0 Å². The second-order valence-corrected chi connectivity index (χ2v) is 11.0. The lowest BCUT2D eigenvalue weighted by molar-refractivity contribution is -0.0999. The minimum atomic E-state index is -5.10. The van der Waals surface area contributed by atoms with Gasteiger partial charge in [-0.1, -0.05) is 37.1 Å². The van der Waals surface area contributed by atoms with Gasteiger partial charge in [0.1, 0.15) is 6.10 Å². The molecule has 0 spiro atoms. The lowest BCUT2D eigenvalue weighted by Crippen LogP contribution is -2.25. The van der Waals surface area contributed by atoms with E-state index in [1.165, 1.54) is 42.6 Å². The fourth-order valence-corrected chi connectivity index (χ4v) is 5.85. The van der Waals surface area contributed by atoms with Gasteiger partial charge in [-0.2, -0.15) is 35.0 Å². The molecule has 1 heterocycles. The van der Waals surface area contributed by atoms with Crippen molar-refractivity contribution in [1.29, 1.82) is 0 Å². The van der Waals surface area contributed by atoms with Gasteiger partial charge in [0, 0.05) is 5.69 Å². The molecule has 1 aliphatic rings. The third-order valence-electron chi connectivity index (χ3n) is 5.25. The number of anilines is 1. The molecule has 1 saturated heterocycles. The van der Waals surface area contributed by atoms with Crippen molar-refractivity contribution in [3.8, 4) is 0 Å². The van der Waals surface area contributed by atoms with Gasteiger partial charge < -0.3 is 0 Å². The maximum Gasteiger partial charge on any atom is 0.482 e. The van der Waals surface area contributed by atoms with Crippen LogP contribution >= 0.6 is 12.2 Å². The van der Waals surface area contributed by atoms with Gasteiger partial charge in [-0.05, 0) is 79.0 Å². The number of hydrogen-bond donors (Lipinski definition) is 1. The number of aliphatic imine (C=N–C) groups is 1. The van der Waals surface area contributed by atoms with Gasteiger partial charge in [0.25, 0.3) is 0 Å². The Labute approximate surface area is 224 Å². The molecule has 2 atom stereocenters. The SMILES string of the molecule is CC1CCCCC(/C(=C/c2ccc(NC(F)(F)F)cc2)c2ccc(N=C=S)cc2)OS(=O)(=O)OS(=O)(=O)O1. The molecule has 2 aromatic rings. The van der Waals surface area contributed by atoms with Gasteiger partial charge in [0.05, 0.1) is 17.0 Å². The zero-order valence-corrected chi connectivity index (χ0v) is 22.3. The average molecular weight is 593 g/mol. The number of benzene rings is 2. The van der Waals surface area contributed by atoms with Crippen molar-refractivity contribution in [2.75, 3.05) is 5.32 Å². The first kappa shape index (κ1) is 29.9. The summed E-state index contributed by atoms with van der Waals surface area (Å²) in [6.45, 7) is 1.47. The minimum absolute atomic E-state index is 0.148. The van der Waals surface area contributed by atoms with E-state index in [9.17, 15) is 30.0 Å². The van der Waals surface area contributed by atoms with E-state index in [2.05, 4.69) is 26.0 Å². The van der Waals surface area contributed by atoms with Gasteiger partial charge in [-0.3, -0.25) is 5.32 Å². The Morgan fingerprint density at radius 2 is 1.61 bits per heavy atom. The highest BCUT2D eigenvalue weighted by Gasteiger charge is 2.32. The Bertz CT molecular complexity index is 1400. The van der Waals surface area contributed by atoms with E-state index >= 15 is 0 Å². The van der Waals surface area contributed by atoms with E-state index < -0.39 is 39.3 Å². The van der Waals surface area contributed by atoms with Crippen molar-refractivity contribution >= 4 is 61.2 Å². The molecule has 0 radical (unpaired) electrons. The predicted octanol–water partition coefficient (Wildman–Crippen LogP) is 5.76. The summed E-state index contributed by atoms with van der Waals surface area (Å²) >= 11 is 4.60. The van der Waals surface area contributed by atoms with Crippen molar-refractivity contribution in [3.63, 3.8) is 0 Å². The van der Waals surface area contributed by atoms with Gasteiger partial charge in [-0.25, -0.2) is 8.37 Å². The molecule has 1 fully saturated rings. The summed E-state index contributed by atoms with van der Waals surface area (Å²) < 4.78 is 101. The number of alkyl halides is 3. The summed E-state index contributed by atoms with van der Waals surface area (Å²) in [6.07, 6.45) is -3.73. The molecule has 0 aromatic heterocycles. The molecular formula is C23H23F3N2O7S3. The second kappa shape index (κ2) is 12.5. The Morgan fingerprint density at radius 1 is 1.00 bits per heavy atom. The van der Waals surface area contributed by atoms with E-state index in [0.29, 0.717) is 41.6 Å². The van der Waals surface area contributed by atoms with Crippen LogP contribution in [0.1, 0.15) is 43.7 Å². The van der Waals surface area contributed by atoms with Crippen LogP contribution in [0.2, 0.25) is 0 Å². The highest BCUT2D eigenvalue weighted by molar-refractivity contribution is 7.95. The molecule has 15 heteroatoms. The molecule has 0 amide bonds. The molecule has 3 rings (SSSR count). The molecule has 0 aliphatic carbocycles. The van der Waals surface area contributed by atoms with Crippen LogP contribution in [-0.4, -0.2) is 40.5 Å².